The van der Waals surface area contributed by atoms with Crippen molar-refractivity contribution in [1.29, 1.82) is 0 Å². The average molecular weight is 368 g/mol. The molecule has 0 saturated heterocycles. The van der Waals surface area contributed by atoms with E-state index in [2.05, 4.69) is 5.32 Å². The van der Waals surface area contributed by atoms with Crippen molar-refractivity contribution in [3.8, 4) is 5.75 Å². The molecule has 1 unspecified atom stereocenters. The van der Waals surface area contributed by atoms with Crippen LogP contribution in [0.5, 0.6) is 5.75 Å². The number of hydrogen-bond donors (Lipinski definition) is 2. The van der Waals surface area contributed by atoms with Crippen LogP contribution in [0.25, 0.3) is 0 Å². The molecule has 0 aromatic heterocycles. The number of rotatable bonds is 3. The summed E-state index contributed by atoms with van der Waals surface area (Å²) >= 11 is 0. The van der Waals surface area contributed by atoms with Gasteiger partial charge in [-0.15, -0.1) is 0 Å². The topological polar surface area (TPSA) is 67.4 Å². The summed E-state index contributed by atoms with van der Waals surface area (Å²) in [5.74, 6) is -8.17. The maximum absolute atomic E-state index is 13.6. The van der Waals surface area contributed by atoms with Gasteiger partial charge in [0.15, 0.2) is 29.4 Å². The van der Waals surface area contributed by atoms with Crippen LogP contribution in [-0.4, -0.2) is 17.9 Å². The largest absolute Gasteiger partial charge is 0.478 e. The van der Waals surface area contributed by atoms with Crippen molar-refractivity contribution < 1.29 is 31.9 Å². The summed E-state index contributed by atoms with van der Waals surface area (Å²) in [7, 11) is 0. The number of fused-ring (bicyclic) bond motifs is 1. The first-order chi connectivity index (χ1) is 12.3. The van der Waals surface area contributed by atoms with E-state index in [0.717, 1.165) is 5.56 Å². The van der Waals surface area contributed by atoms with Crippen LogP contribution in [0.1, 0.15) is 12.0 Å². The first-order valence-corrected chi connectivity index (χ1v) is 7.47. The number of benzene rings is 2. The van der Waals surface area contributed by atoms with Gasteiger partial charge < -0.3 is 15.4 Å². The number of hydrogen-bond acceptors (Lipinski definition) is 3. The first kappa shape index (κ1) is 17.7. The fraction of sp³-hybridized carbons (Fsp3) is 0.176. The third-order valence-corrected chi connectivity index (χ3v) is 3.70. The molecule has 1 atom stereocenters. The second-order valence-corrected chi connectivity index (χ2v) is 5.69. The van der Waals surface area contributed by atoms with E-state index < -0.39 is 53.3 Å². The van der Waals surface area contributed by atoms with Gasteiger partial charge in [0.25, 0.3) is 5.91 Å². The Kier molecular flexibility index (Phi) is 4.54. The SMILES string of the molecule is Cc1ccc2c(c1)NC(=O)C(CC(=O)Nc1c(F)c(F)cc(F)c1F)O2. The molecule has 9 heteroatoms. The molecule has 0 spiro atoms. The Morgan fingerprint density at radius 2 is 1.81 bits per heavy atom. The molecule has 0 aliphatic carbocycles. The summed E-state index contributed by atoms with van der Waals surface area (Å²) in [6, 6.07) is 5.02. The molecule has 2 amide bonds. The molecule has 1 aliphatic heterocycles. The second-order valence-electron chi connectivity index (χ2n) is 5.69. The molecule has 2 N–H and O–H groups in total. The van der Waals surface area contributed by atoms with Crippen molar-refractivity contribution in [3.05, 3.63) is 53.1 Å². The van der Waals surface area contributed by atoms with Gasteiger partial charge in [-0.2, -0.15) is 0 Å². The van der Waals surface area contributed by atoms with E-state index in [9.17, 15) is 27.2 Å². The number of ether oxygens (including phenoxy) is 1. The van der Waals surface area contributed by atoms with Crippen molar-refractivity contribution in [2.75, 3.05) is 10.6 Å². The van der Waals surface area contributed by atoms with Gasteiger partial charge >= 0.3 is 0 Å². The van der Waals surface area contributed by atoms with Crippen molar-refractivity contribution in [2.24, 2.45) is 0 Å². The molecule has 0 saturated carbocycles. The quantitative estimate of drug-likeness (QED) is 0.645. The van der Waals surface area contributed by atoms with E-state index in [0.29, 0.717) is 11.4 Å². The maximum atomic E-state index is 13.6. The number of halogens is 4. The molecule has 136 valence electrons. The Morgan fingerprint density at radius 3 is 2.46 bits per heavy atom. The monoisotopic (exact) mass is 368 g/mol. The summed E-state index contributed by atoms with van der Waals surface area (Å²) in [5.41, 5.74) is 0.0404. The molecule has 5 nitrogen and oxygen atoms in total. The van der Waals surface area contributed by atoms with Gasteiger partial charge in [0.05, 0.1) is 12.1 Å². The average Bonchev–Trinajstić information content (AvgIpc) is 2.58. The van der Waals surface area contributed by atoms with Crippen molar-refractivity contribution in [3.63, 3.8) is 0 Å². The number of nitrogens with one attached hydrogen (secondary N) is 2. The third kappa shape index (κ3) is 3.32. The van der Waals surface area contributed by atoms with Crippen LogP contribution in [0.2, 0.25) is 0 Å². The summed E-state index contributed by atoms with van der Waals surface area (Å²) < 4.78 is 58.9. The highest BCUT2D eigenvalue weighted by Gasteiger charge is 2.31. The number of aryl methyl sites for hydroxylation is 1. The van der Waals surface area contributed by atoms with E-state index in [1.165, 1.54) is 0 Å². The number of amides is 2. The lowest BCUT2D eigenvalue weighted by Gasteiger charge is -2.25. The second kappa shape index (κ2) is 6.66. The zero-order valence-corrected chi connectivity index (χ0v) is 13.3. The predicted molar refractivity (Wildman–Crippen MR) is 83.7 cm³/mol. The van der Waals surface area contributed by atoms with Crippen LogP contribution in [0.15, 0.2) is 24.3 Å². The van der Waals surface area contributed by atoms with Crippen LogP contribution in [-0.2, 0) is 9.59 Å². The third-order valence-electron chi connectivity index (χ3n) is 3.70. The van der Waals surface area contributed by atoms with Gasteiger partial charge in [-0.05, 0) is 24.6 Å². The molecule has 3 rings (SSSR count). The van der Waals surface area contributed by atoms with Crippen LogP contribution < -0.4 is 15.4 Å². The lowest BCUT2D eigenvalue weighted by Crippen LogP contribution is -2.39. The summed E-state index contributed by atoms with van der Waals surface area (Å²) in [5, 5.41) is 4.28. The van der Waals surface area contributed by atoms with Crippen LogP contribution in [0.3, 0.4) is 0 Å². The Bertz CT molecular complexity index is 891. The minimum atomic E-state index is -1.74. The van der Waals surface area contributed by atoms with E-state index in [1.54, 1.807) is 23.5 Å². The Labute approximate surface area is 145 Å². The molecular weight excluding hydrogens is 356 g/mol. The highest BCUT2D eigenvalue weighted by molar-refractivity contribution is 6.02. The summed E-state index contributed by atoms with van der Waals surface area (Å²) in [6.07, 6.45) is -1.88. The number of carbonyl (C=O) groups excluding carboxylic acids is 2. The predicted octanol–water partition coefficient (Wildman–Crippen LogP) is 3.28. The van der Waals surface area contributed by atoms with E-state index >= 15 is 0 Å². The Morgan fingerprint density at radius 1 is 1.15 bits per heavy atom. The fourth-order valence-corrected chi connectivity index (χ4v) is 2.44. The van der Waals surface area contributed by atoms with E-state index in [-0.39, 0.29) is 6.07 Å². The normalized spacial score (nSPS) is 15.7. The first-order valence-electron chi connectivity index (χ1n) is 7.47. The van der Waals surface area contributed by atoms with Gasteiger partial charge in [0.2, 0.25) is 5.91 Å². The van der Waals surface area contributed by atoms with Gasteiger partial charge in [0, 0.05) is 6.07 Å². The lowest BCUT2D eigenvalue weighted by atomic mass is 10.1. The van der Waals surface area contributed by atoms with E-state index in [4.69, 9.17) is 4.74 Å². The zero-order chi connectivity index (χ0) is 19.0. The molecule has 1 aliphatic rings. The van der Waals surface area contributed by atoms with Crippen LogP contribution >= 0.6 is 0 Å². The number of carbonyl (C=O) groups is 2. The fourth-order valence-electron chi connectivity index (χ4n) is 2.44. The summed E-state index contributed by atoms with van der Waals surface area (Å²) in [4.78, 5) is 24.0. The minimum absolute atomic E-state index is 0.0247. The lowest BCUT2D eigenvalue weighted by molar-refractivity contribution is -0.128. The standard InChI is InChI=1S/C17H12F4N2O3/c1-7-2-3-11-10(4-7)22-17(25)12(26-11)6-13(24)23-16-14(20)8(18)5-9(19)15(16)21/h2-5,12H,6H2,1H3,(H,22,25)(H,23,24). The smallest absolute Gasteiger partial charge is 0.266 e. The zero-order valence-electron chi connectivity index (χ0n) is 13.3. The molecule has 0 radical (unpaired) electrons. The molecule has 2 aromatic carbocycles. The van der Waals surface area contributed by atoms with Crippen molar-refractivity contribution in [1.82, 2.24) is 0 Å². The van der Waals surface area contributed by atoms with Crippen LogP contribution in [0, 0.1) is 30.2 Å². The van der Waals surface area contributed by atoms with Gasteiger partial charge in [0.1, 0.15) is 11.4 Å². The van der Waals surface area contributed by atoms with Gasteiger partial charge in [-0.3, -0.25) is 9.59 Å². The minimum Gasteiger partial charge on any atom is -0.478 e. The van der Waals surface area contributed by atoms with Gasteiger partial charge in [-0.1, -0.05) is 6.07 Å². The van der Waals surface area contributed by atoms with Crippen molar-refractivity contribution >= 4 is 23.2 Å². The van der Waals surface area contributed by atoms with Gasteiger partial charge in [-0.25, -0.2) is 17.6 Å². The summed E-state index contributed by atoms with van der Waals surface area (Å²) in [6.45, 7) is 1.81. The Hall–Kier alpha value is -3.10. The molecule has 0 bridgehead atoms. The molecular formula is C17H12F4N2O3. The number of anilines is 2. The van der Waals surface area contributed by atoms with Crippen molar-refractivity contribution in [2.45, 2.75) is 19.4 Å². The highest BCUT2D eigenvalue weighted by atomic mass is 19.2. The molecule has 26 heavy (non-hydrogen) atoms. The molecule has 0 fully saturated rings. The Balaban J connectivity index is 1.75. The van der Waals surface area contributed by atoms with E-state index in [1.807, 2.05) is 6.92 Å². The molecule has 2 aromatic rings. The maximum Gasteiger partial charge on any atom is 0.266 e. The van der Waals surface area contributed by atoms with Crippen LogP contribution in [0.4, 0.5) is 28.9 Å². The highest BCUT2D eigenvalue weighted by Crippen LogP contribution is 2.31. The molecule has 1 heterocycles.